The van der Waals surface area contributed by atoms with E-state index in [9.17, 15) is 9.59 Å². The fourth-order valence-corrected chi connectivity index (χ4v) is 2.31. The number of hydrazone groups is 1. The second-order valence-corrected chi connectivity index (χ2v) is 4.85. The van der Waals surface area contributed by atoms with Crippen molar-refractivity contribution in [2.75, 3.05) is 13.2 Å². The van der Waals surface area contributed by atoms with E-state index >= 15 is 0 Å². The van der Waals surface area contributed by atoms with E-state index < -0.39 is 6.03 Å². The van der Waals surface area contributed by atoms with E-state index in [0.717, 1.165) is 15.8 Å². The summed E-state index contributed by atoms with van der Waals surface area (Å²) < 4.78 is 5.54. The van der Waals surface area contributed by atoms with Crippen molar-refractivity contribution in [2.24, 2.45) is 5.10 Å². The SMILES string of the molecule is C#CCOc1ccc2ccccc2c1/C=N\N1CC(=O)NC1=O. The number of hydrogen-bond donors (Lipinski definition) is 1. The molecule has 114 valence electrons. The number of benzene rings is 2. The van der Waals surface area contributed by atoms with Gasteiger partial charge in [0, 0.05) is 5.56 Å². The molecule has 1 aliphatic heterocycles. The Morgan fingerprint density at radius 2 is 2.13 bits per heavy atom. The summed E-state index contributed by atoms with van der Waals surface area (Å²) in [6.07, 6.45) is 6.75. The lowest BCUT2D eigenvalue weighted by atomic mass is 10.0. The second-order valence-electron chi connectivity index (χ2n) is 4.85. The van der Waals surface area contributed by atoms with Crippen LogP contribution >= 0.6 is 0 Å². The highest BCUT2D eigenvalue weighted by Crippen LogP contribution is 2.26. The Morgan fingerprint density at radius 1 is 1.30 bits per heavy atom. The van der Waals surface area contributed by atoms with Crippen LogP contribution in [0.4, 0.5) is 4.79 Å². The lowest BCUT2D eigenvalue weighted by Crippen LogP contribution is -2.24. The molecule has 0 atom stereocenters. The molecule has 23 heavy (non-hydrogen) atoms. The summed E-state index contributed by atoms with van der Waals surface area (Å²) in [4.78, 5) is 22.8. The molecule has 2 aromatic carbocycles. The number of fused-ring (bicyclic) bond motifs is 1. The van der Waals surface area contributed by atoms with Crippen molar-refractivity contribution in [1.82, 2.24) is 10.3 Å². The molecule has 1 saturated heterocycles. The molecule has 0 radical (unpaired) electrons. The van der Waals surface area contributed by atoms with Crippen LogP contribution in [0.3, 0.4) is 0 Å². The number of nitrogens with zero attached hydrogens (tertiary/aromatic N) is 2. The van der Waals surface area contributed by atoms with E-state index in [-0.39, 0.29) is 19.1 Å². The Balaban J connectivity index is 2.01. The number of carbonyl (C=O) groups is 2. The van der Waals surface area contributed by atoms with Crippen molar-refractivity contribution in [3.63, 3.8) is 0 Å². The summed E-state index contributed by atoms with van der Waals surface area (Å²) in [6, 6.07) is 10.9. The van der Waals surface area contributed by atoms with E-state index in [1.54, 1.807) is 6.07 Å². The minimum Gasteiger partial charge on any atom is -0.480 e. The fourth-order valence-electron chi connectivity index (χ4n) is 2.31. The maximum Gasteiger partial charge on any atom is 0.344 e. The third-order valence-electron chi connectivity index (χ3n) is 3.34. The number of amides is 3. The van der Waals surface area contributed by atoms with Crippen LogP contribution < -0.4 is 10.1 Å². The quantitative estimate of drug-likeness (QED) is 0.531. The zero-order valence-corrected chi connectivity index (χ0v) is 12.2. The molecule has 6 heteroatoms. The highest BCUT2D eigenvalue weighted by molar-refractivity contribution is 6.04. The number of nitrogens with one attached hydrogen (secondary N) is 1. The minimum atomic E-state index is -0.544. The Bertz CT molecular complexity index is 852. The summed E-state index contributed by atoms with van der Waals surface area (Å²) in [5.41, 5.74) is 0.700. The molecule has 6 nitrogen and oxygen atoms in total. The molecule has 0 saturated carbocycles. The first-order valence-corrected chi connectivity index (χ1v) is 6.92. The molecule has 0 unspecified atom stereocenters. The first kappa shape index (κ1) is 14.6. The average molecular weight is 307 g/mol. The van der Waals surface area contributed by atoms with Crippen molar-refractivity contribution in [3.05, 3.63) is 42.0 Å². The van der Waals surface area contributed by atoms with Crippen LogP contribution in [0.2, 0.25) is 0 Å². The monoisotopic (exact) mass is 307 g/mol. The van der Waals surface area contributed by atoms with Gasteiger partial charge in [-0.05, 0) is 16.8 Å². The Morgan fingerprint density at radius 3 is 2.87 bits per heavy atom. The van der Waals surface area contributed by atoms with Gasteiger partial charge in [-0.1, -0.05) is 36.3 Å². The predicted molar refractivity (Wildman–Crippen MR) is 86.1 cm³/mol. The van der Waals surface area contributed by atoms with Gasteiger partial charge in [-0.3, -0.25) is 10.1 Å². The van der Waals surface area contributed by atoms with Crippen LogP contribution in [0.5, 0.6) is 5.75 Å². The molecule has 1 fully saturated rings. The molecule has 3 amide bonds. The van der Waals surface area contributed by atoms with Crippen LogP contribution in [-0.4, -0.2) is 36.3 Å². The van der Waals surface area contributed by atoms with Crippen LogP contribution in [0.15, 0.2) is 41.5 Å². The summed E-state index contributed by atoms with van der Waals surface area (Å²) in [5, 5.41) is 9.24. The molecule has 1 heterocycles. The Hall–Kier alpha value is -3.33. The first-order valence-electron chi connectivity index (χ1n) is 6.92. The predicted octanol–water partition coefficient (Wildman–Crippen LogP) is 1.74. The second kappa shape index (κ2) is 6.20. The van der Waals surface area contributed by atoms with E-state index in [1.165, 1.54) is 6.21 Å². The van der Waals surface area contributed by atoms with Gasteiger partial charge in [0.2, 0.25) is 5.91 Å². The number of rotatable bonds is 4. The largest absolute Gasteiger partial charge is 0.480 e. The van der Waals surface area contributed by atoms with Gasteiger partial charge in [0.1, 0.15) is 18.9 Å². The van der Waals surface area contributed by atoms with Crippen molar-refractivity contribution in [3.8, 4) is 18.1 Å². The molecule has 0 bridgehead atoms. The van der Waals surface area contributed by atoms with Crippen LogP contribution in [0.1, 0.15) is 5.56 Å². The fraction of sp³-hybridized carbons (Fsp3) is 0.118. The summed E-state index contributed by atoms with van der Waals surface area (Å²) >= 11 is 0. The number of ether oxygens (including phenoxy) is 1. The lowest BCUT2D eigenvalue weighted by Gasteiger charge is -2.11. The van der Waals surface area contributed by atoms with Crippen LogP contribution in [0.25, 0.3) is 10.8 Å². The van der Waals surface area contributed by atoms with E-state index in [4.69, 9.17) is 11.2 Å². The Kier molecular flexibility index (Phi) is 3.93. The molecule has 0 aliphatic carbocycles. The summed E-state index contributed by atoms with van der Waals surface area (Å²) in [7, 11) is 0. The average Bonchev–Trinajstić information content (AvgIpc) is 2.88. The molecule has 1 N–H and O–H groups in total. The molecule has 2 aromatic rings. The van der Waals surface area contributed by atoms with Gasteiger partial charge in [-0.2, -0.15) is 5.10 Å². The third kappa shape index (κ3) is 2.99. The number of carbonyl (C=O) groups excluding carboxylic acids is 2. The van der Waals surface area contributed by atoms with Gasteiger partial charge in [0.25, 0.3) is 0 Å². The Labute approximate surface area is 132 Å². The molecule has 0 spiro atoms. The topological polar surface area (TPSA) is 71.0 Å². The molecular formula is C17H13N3O3. The van der Waals surface area contributed by atoms with Gasteiger partial charge >= 0.3 is 6.03 Å². The van der Waals surface area contributed by atoms with Crippen molar-refractivity contribution in [1.29, 1.82) is 0 Å². The number of hydrogen-bond acceptors (Lipinski definition) is 4. The highest BCUT2D eigenvalue weighted by atomic mass is 16.5. The number of imide groups is 1. The molecular weight excluding hydrogens is 294 g/mol. The number of urea groups is 1. The van der Waals surface area contributed by atoms with Gasteiger partial charge in [-0.25, -0.2) is 9.80 Å². The maximum absolute atomic E-state index is 11.5. The lowest BCUT2D eigenvalue weighted by molar-refractivity contribution is -0.118. The van der Waals surface area contributed by atoms with E-state index in [2.05, 4.69) is 16.3 Å². The first-order chi connectivity index (χ1) is 11.2. The number of terminal acetylenes is 1. The third-order valence-corrected chi connectivity index (χ3v) is 3.34. The zero-order valence-electron chi connectivity index (χ0n) is 12.2. The minimum absolute atomic E-state index is 0.0966. The van der Waals surface area contributed by atoms with Crippen molar-refractivity contribution in [2.45, 2.75) is 0 Å². The zero-order chi connectivity index (χ0) is 16.2. The molecule has 3 rings (SSSR count). The van der Waals surface area contributed by atoms with Crippen LogP contribution in [-0.2, 0) is 4.79 Å². The van der Waals surface area contributed by atoms with Gasteiger partial charge in [0.15, 0.2) is 0 Å². The highest BCUT2D eigenvalue weighted by Gasteiger charge is 2.26. The van der Waals surface area contributed by atoms with Gasteiger partial charge < -0.3 is 4.74 Å². The van der Waals surface area contributed by atoms with Crippen molar-refractivity contribution < 1.29 is 14.3 Å². The van der Waals surface area contributed by atoms with Gasteiger partial charge in [-0.15, -0.1) is 6.42 Å². The summed E-state index contributed by atoms with van der Waals surface area (Å²) in [6.45, 7) is 0.0303. The summed E-state index contributed by atoms with van der Waals surface area (Å²) in [5.74, 6) is 2.60. The van der Waals surface area contributed by atoms with Gasteiger partial charge in [0.05, 0.1) is 6.21 Å². The van der Waals surface area contributed by atoms with E-state index in [1.807, 2.05) is 30.3 Å². The normalized spacial score (nSPS) is 14.3. The molecule has 0 aromatic heterocycles. The maximum atomic E-state index is 11.5. The standard InChI is InChI=1S/C17H13N3O3/c1-2-9-23-15-8-7-12-5-3-4-6-13(12)14(15)10-18-20-11-16(21)19-17(20)22/h1,3-8,10H,9,11H2,(H,19,21,22)/b18-10-. The smallest absolute Gasteiger partial charge is 0.344 e. The van der Waals surface area contributed by atoms with Crippen LogP contribution in [0, 0.1) is 12.3 Å². The van der Waals surface area contributed by atoms with E-state index in [0.29, 0.717) is 11.3 Å². The molecule has 1 aliphatic rings. The van der Waals surface area contributed by atoms with Crippen molar-refractivity contribution >= 4 is 28.9 Å².